The molecule has 8 heteroatoms. The maximum atomic E-state index is 12.5. The van der Waals surface area contributed by atoms with E-state index >= 15 is 0 Å². The number of carboxylic acid groups (broad SMARTS) is 1. The number of carboxylic acids is 1. The van der Waals surface area contributed by atoms with Crippen LogP contribution in [0.5, 0.6) is 5.75 Å². The van der Waals surface area contributed by atoms with E-state index in [1.54, 1.807) is 12.1 Å². The van der Waals surface area contributed by atoms with Gasteiger partial charge in [0.05, 0.1) is 25.2 Å². The van der Waals surface area contributed by atoms with Crippen LogP contribution in [0.1, 0.15) is 0 Å². The highest BCUT2D eigenvalue weighted by Gasteiger charge is 2.38. The van der Waals surface area contributed by atoms with E-state index < -0.39 is 22.0 Å². The number of hydrogen-bond acceptors (Lipinski definition) is 5. The van der Waals surface area contributed by atoms with Crippen LogP contribution in [0.25, 0.3) is 0 Å². The lowest BCUT2D eigenvalue weighted by molar-refractivity contribution is -0.146. The van der Waals surface area contributed by atoms with E-state index in [-0.39, 0.29) is 24.7 Å². The van der Waals surface area contributed by atoms with Crippen LogP contribution in [-0.2, 0) is 19.6 Å². The zero-order chi connectivity index (χ0) is 14.8. The SMILES string of the molecule is COc1cccc(S(=O)(=O)N2CCOCC2C(=O)O)c1. The van der Waals surface area contributed by atoms with Crippen molar-refractivity contribution in [1.29, 1.82) is 0 Å². The summed E-state index contributed by atoms with van der Waals surface area (Å²) in [5, 5.41) is 9.11. The Kier molecular flexibility index (Phi) is 4.26. The van der Waals surface area contributed by atoms with Crippen molar-refractivity contribution in [2.24, 2.45) is 0 Å². The van der Waals surface area contributed by atoms with Crippen molar-refractivity contribution in [2.75, 3.05) is 26.9 Å². The topological polar surface area (TPSA) is 93.1 Å². The van der Waals surface area contributed by atoms with Gasteiger partial charge in [0, 0.05) is 12.6 Å². The summed E-state index contributed by atoms with van der Waals surface area (Å²) in [4.78, 5) is 11.2. The maximum Gasteiger partial charge on any atom is 0.324 e. The first-order valence-electron chi connectivity index (χ1n) is 5.93. The van der Waals surface area contributed by atoms with E-state index in [9.17, 15) is 13.2 Å². The molecule has 0 aliphatic carbocycles. The summed E-state index contributed by atoms with van der Waals surface area (Å²) in [5.74, 6) is -0.831. The Bertz CT molecular complexity index is 600. The Morgan fingerprint density at radius 1 is 1.50 bits per heavy atom. The Labute approximate surface area is 116 Å². The number of rotatable bonds is 4. The van der Waals surface area contributed by atoms with E-state index in [1.807, 2.05) is 0 Å². The summed E-state index contributed by atoms with van der Waals surface area (Å²) in [7, 11) is -2.47. The fourth-order valence-corrected chi connectivity index (χ4v) is 3.56. The number of morpholine rings is 1. The fourth-order valence-electron chi connectivity index (χ4n) is 1.97. The van der Waals surface area contributed by atoms with Gasteiger partial charge >= 0.3 is 5.97 Å². The first-order chi connectivity index (χ1) is 9.46. The van der Waals surface area contributed by atoms with Crippen molar-refractivity contribution in [2.45, 2.75) is 10.9 Å². The molecule has 2 rings (SSSR count). The average molecular weight is 301 g/mol. The van der Waals surface area contributed by atoms with E-state index in [0.717, 1.165) is 4.31 Å². The normalized spacial score (nSPS) is 20.6. The number of nitrogens with zero attached hydrogens (tertiary/aromatic N) is 1. The van der Waals surface area contributed by atoms with Gasteiger partial charge in [-0.05, 0) is 12.1 Å². The summed E-state index contributed by atoms with van der Waals surface area (Å²) < 4.78 is 36.0. The highest BCUT2D eigenvalue weighted by atomic mass is 32.2. The lowest BCUT2D eigenvalue weighted by Crippen LogP contribution is -2.52. The van der Waals surface area contributed by atoms with Crippen molar-refractivity contribution in [3.8, 4) is 5.75 Å². The molecule has 1 aromatic carbocycles. The highest BCUT2D eigenvalue weighted by Crippen LogP contribution is 2.23. The highest BCUT2D eigenvalue weighted by molar-refractivity contribution is 7.89. The zero-order valence-electron chi connectivity index (χ0n) is 10.9. The second-order valence-corrected chi connectivity index (χ2v) is 6.11. The van der Waals surface area contributed by atoms with Gasteiger partial charge in [-0.3, -0.25) is 4.79 Å². The molecule has 1 saturated heterocycles. The lowest BCUT2D eigenvalue weighted by atomic mass is 10.3. The average Bonchev–Trinajstić information content (AvgIpc) is 2.47. The largest absolute Gasteiger partial charge is 0.497 e. The molecule has 0 bridgehead atoms. The molecular formula is C12H15NO6S. The molecule has 1 fully saturated rings. The molecular weight excluding hydrogens is 286 g/mol. The van der Waals surface area contributed by atoms with Crippen LogP contribution < -0.4 is 4.74 Å². The minimum atomic E-state index is -3.90. The van der Waals surface area contributed by atoms with Gasteiger partial charge in [-0.2, -0.15) is 4.31 Å². The summed E-state index contributed by atoms with van der Waals surface area (Å²) in [5.41, 5.74) is 0. The van der Waals surface area contributed by atoms with Crippen molar-refractivity contribution in [1.82, 2.24) is 4.31 Å². The maximum absolute atomic E-state index is 12.5. The third-order valence-electron chi connectivity index (χ3n) is 3.01. The third-order valence-corrected chi connectivity index (χ3v) is 4.92. The second kappa shape index (κ2) is 5.78. The molecule has 7 nitrogen and oxygen atoms in total. The molecule has 0 saturated carbocycles. The molecule has 1 aromatic rings. The Morgan fingerprint density at radius 3 is 2.90 bits per heavy atom. The van der Waals surface area contributed by atoms with Gasteiger partial charge in [-0.15, -0.1) is 0 Å². The van der Waals surface area contributed by atoms with Crippen LogP contribution in [0.4, 0.5) is 0 Å². The zero-order valence-corrected chi connectivity index (χ0v) is 11.7. The van der Waals surface area contributed by atoms with Crippen molar-refractivity contribution in [3.63, 3.8) is 0 Å². The number of methoxy groups -OCH3 is 1. The van der Waals surface area contributed by atoms with Crippen LogP contribution in [0.2, 0.25) is 0 Å². The molecule has 0 radical (unpaired) electrons. The van der Waals surface area contributed by atoms with E-state index in [1.165, 1.54) is 19.2 Å². The van der Waals surface area contributed by atoms with Gasteiger partial charge in [0.25, 0.3) is 0 Å². The molecule has 1 aliphatic rings. The minimum Gasteiger partial charge on any atom is -0.497 e. The van der Waals surface area contributed by atoms with Gasteiger partial charge in [0.1, 0.15) is 11.8 Å². The van der Waals surface area contributed by atoms with E-state index in [0.29, 0.717) is 5.75 Å². The fraction of sp³-hybridized carbons (Fsp3) is 0.417. The van der Waals surface area contributed by atoms with Crippen LogP contribution in [0.15, 0.2) is 29.2 Å². The Morgan fingerprint density at radius 2 is 2.25 bits per heavy atom. The Hall–Kier alpha value is -1.64. The van der Waals surface area contributed by atoms with Crippen LogP contribution in [-0.4, -0.2) is 56.7 Å². The first-order valence-corrected chi connectivity index (χ1v) is 7.37. The number of carbonyl (C=O) groups is 1. The molecule has 1 aliphatic heterocycles. The van der Waals surface area contributed by atoms with Crippen molar-refractivity contribution >= 4 is 16.0 Å². The lowest BCUT2D eigenvalue weighted by Gasteiger charge is -2.31. The van der Waals surface area contributed by atoms with Crippen LogP contribution in [0, 0.1) is 0 Å². The molecule has 1 unspecified atom stereocenters. The molecule has 1 N–H and O–H groups in total. The van der Waals surface area contributed by atoms with E-state index in [2.05, 4.69) is 0 Å². The van der Waals surface area contributed by atoms with Gasteiger partial charge in [-0.1, -0.05) is 6.07 Å². The van der Waals surface area contributed by atoms with Crippen LogP contribution >= 0.6 is 0 Å². The monoisotopic (exact) mass is 301 g/mol. The molecule has 1 heterocycles. The molecule has 0 aromatic heterocycles. The number of aliphatic carboxylic acids is 1. The summed E-state index contributed by atoms with van der Waals surface area (Å²) in [6, 6.07) is 4.73. The first kappa shape index (κ1) is 14.8. The minimum absolute atomic E-state index is 0.00463. The summed E-state index contributed by atoms with van der Waals surface area (Å²) in [6.45, 7) is 0.0298. The van der Waals surface area contributed by atoms with Crippen LogP contribution in [0.3, 0.4) is 0 Å². The standard InChI is InChI=1S/C12H15NO6S/c1-18-9-3-2-4-10(7-9)20(16,17)13-5-6-19-8-11(13)12(14)15/h2-4,7,11H,5-6,8H2,1H3,(H,14,15). The molecule has 110 valence electrons. The molecule has 20 heavy (non-hydrogen) atoms. The van der Waals surface area contributed by atoms with Crippen molar-refractivity contribution in [3.05, 3.63) is 24.3 Å². The van der Waals surface area contributed by atoms with Gasteiger partial charge in [0.2, 0.25) is 10.0 Å². The molecule has 0 amide bonds. The number of ether oxygens (including phenoxy) is 2. The number of benzene rings is 1. The molecule has 0 spiro atoms. The second-order valence-electron chi connectivity index (χ2n) is 4.22. The number of hydrogen-bond donors (Lipinski definition) is 1. The summed E-state index contributed by atoms with van der Waals surface area (Å²) in [6.07, 6.45) is 0. The molecule has 1 atom stereocenters. The quantitative estimate of drug-likeness (QED) is 0.852. The van der Waals surface area contributed by atoms with Gasteiger partial charge < -0.3 is 14.6 Å². The van der Waals surface area contributed by atoms with E-state index in [4.69, 9.17) is 14.6 Å². The number of sulfonamides is 1. The smallest absolute Gasteiger partial charge is 0.324 e. The predicted octanol–water partition coefficient (Wildman–Crippen LogP) is 0.169. The Balaban J connectivity index is 2.39. The van der Waals surface area contributed by atoms with Gasteiger partial charge in [-0.25, -0.2) is 8.42 Å². The van der Waals surface area contributed by atoms with Gasteiger partial charge in [0.15, 0.2) is 0 Å². The summed E-state index contributed by atoms with van der Waals surface area (Å²) >= 11 is 0. The van der Waals surface area contributed by atoms with Crippen molar-refractivity contribution < 1.29 is 27.8 Å². The predicted molar refractivity (Wildman–Crippen MR) is 69.1 cm³/mol. The third kappa shape index (κ3) is 2.77.